The molecular formula is C22H19N5O7. The van der Waals surface area contributed by atoms with Gasteiger partial charge in [-0.05, 0) is 35.9 Å². The molecule has 0 heterocycles. The first kappa shape index (κ1) is 23.7. The Balaban J connectivity index is 1.62. The third-order valence-electron chi connectivity index (χ3n) is 4.39. The van der Waals surface area contributed by atoms with Gasteiger partial charge in [0.2, 0.25) is 5.75 Å². The van der Waals surface area contributed by atoms with Crippen molar-refractivity contribution in [2.75, 3.05) is 19.0 Å². The second-order valence-corrected chi connectivity index (χ2v) is 6.69. The fourth-order valence-corrected chi connectivity index (χ4v) is 2.82. The Morgan fingerprint density at radius 2 is 1.79 bits per heavy atom. The summed E-state index contributed by atoms with van der Waals surface area (Å²) < 4.78 is 10.8. The minimum atomic E-state index is -0.762. The second kappa shape index (κ2) is 11.0. The molecule has 12 nitrogen and oxygen atoms in total. The van der Waals surface area contributed by atoms with E-state index in [0.717, 1.165) is 18.2 Å². The Morgan fingerprint density at radius 1 is 1.00 bits per heavy atom. The number of hydrogen-bond donors (Lipinski definition) is 2. The van der Waals surface area contributed by atoms with E-state index in [1.165, 1.54) is 19.4 Å². The van der Waals surface area contributed by atoms with Gasteiger partial charge < -0.3 is 14.8 Å². The van der Waals surface area contributed by atoms with Crippen LogP contribution in [0.5, 0.6) is 17.2 Å². The summed E-state index contributed by atoms with van der Waals surface area (Å²) >= 11 is 0. The van der Waals surface area contributed by atoms with E-state index < -0.39 is 27.1 Å². The maximum absolute atomic E-state index is 12.0. The van der Waals surface area contributed by atoms with Crippen LogP contribution in [-0.4, -0.2) is 35.6 Å². The van der Waals surface area contributed by atoms with Crippen LogP contribution in [0.4, 0.5) is 17.1 Å². The highest BCUT2D eigenvalue weighted by atomic mass is 16.6. The second-order valence-electron chi connectivity index (χ2n) is 6.69. The molecule has 0 atom stereocenters. The lowest BCUT2D eigenvalue weighted by Crippen LogP contribution is -2.26. The molecule has 3 aromatic rings. The molecule has 3 aromatic carbocycles. The van der Waals surface area contributed by atoms with Crippen LogP contribution in [0.2, 0.25) is 0 Å². The molecule has 3 rings (SSSR count). The highest BCUT2D eigenvalue weighted by Crippen LogP contribution is 2.34. The summed E-state index contributed by atoms with van der Waals surface area (Å²) in [6.07, 6.45) is 1.37. The minimum Gasteiger partial charge on any atom is -0.495 e. The summed E-state index contributed by atoms with van der Waals surface area (Å²) in [7, 11) is 1.53. The van der Waals surface area contributed by atoms with E-state index in [-0.39, 0.29) is 18.0 Å². The first-order valence-corrected chi connectivity index (χ1v) is 9.77. The van der Waals surface area contributed by atoms with Gasteiger partial charge in [-0.15, -0.1) is 0 Å². The zero-order valence-corrected chi connectivity index (χ0v) is 17.8. The van der Waals surface area contributed by atoms with Crippen molar-refractivity contribution in [2.45, 2.75) is 0 Å². The maximum Gasteiger partial charge on any atom is 0.318 e. The molecule has 0 aliphatic rings. The average Bonchev–Trinajstić information content (AvgIpc) is 2.83. The molecule has 174 valence electrons. The number of non-ortho nitro benzene ring substituents is 1. The first-order valence-electron chi connectivity index (χ1n) is 9.77. The molecule has 0 spiro atoms. The summed E-state index contributed by atoms with van der Waals surface area (Å²) in [4.78, 5) is 32.7. The number of hydrazone groups is 1. The molecular weight excluding hydrogens is 446 g/mol. The molecule has 0 aliphatic heterocycles. The number of rotatable bonds is 10. The Kier molecular flexibility index (Phi) is 7.68. The fraction of sp³-hybridized carbons (Fsp3) is 0.0909. The van der Waals surface area contributed by atoms with Gasteiger partial charge in [-0.25, -0.2) is 5.43 Å². The topological polar surface area (TPSA) is 158 Å². The van der Waals surface area contributed by atoms with E-state index in [1.54, 1.807) is 36.4 Å². The zero-order valence-electron chi connectivity index (χ0n) is 17.8. The standard InChI is InChI=1S/C22H19N5O7/c1-33-20-8-3-2-7-18(20)23-14-22(28)25-24-13-15-5-4-6-17(11-15)34-21-10-9-16(26(29)30)12-19(21)27(31)32/h2-13,23H,14H2,1H3,(H,25,28)/b24-13-. The molecule has 0 fully saturated rings. The molecule has 0 aliphatic carbocycles. The van der Waals surface area contributed by atoms with E-state index in [9.17, 15) is 25.0 Å². The van der Waals surface area contributed by atoms with Crippen LogP contribution in [0.1, 0.15) is 5.56 Å². The fourth-order valence-electron chi connectivity index (χ4n) is 2.82. The molecule has 0 saturated heterocycles. The van der Waals surface area contributed by atoms with Crippen LogP contribution in [0.15, 0.2) is 71.8 Å². The van der Waals surface area contributed by atoms with Gasteiger partial charge in [0.15, 0.2) is 0 Å². The largest absolute Gasteiger partial charge is 0.495 e. The monoisotopic (exact) mass is 465 g/mol. The Hall–Kier alpha value is -5.00. The molecule has 12 heteroatoms. The van der Waals surface area contributed by atoms with Crippen molar-refractivity contribution in [1.82, 2.24) is 5.43 Å². The normalized spacial score (nSPS) is 10.5. The van der Waals surface area contributed by atoms with Crippen molar-refractivity contribution < 1.29 is 24.1 Å². The number of hydrogen-bond acceptors (Lipinski definition) is 9. The van der Waals surface area contributed by atoms with Crippen LogP contribution in [-0.2, 0) is 4.79 Å². The minimum absolute atomic E-state index is 0.0370. The van der Waals surface area contributed by atoms with Crippen molar-refractivity contribution in [3.05, 3.63) is 92.5 Å². The molecule has 0 radical (unpaired) electrons. The van der Waals surface area contributed by atoms with Crippen molar-refractivity contribution in [1.29, 1.82) is 0 Å². The number of amides is 1. The van der Waals surface area contributed by atoms with Crippen LogP contribution in [0.25, 0.3) is 0 Å². The molecule has 0 bridgehead atoms. The third-order valence-corrected chi connectivity index (χ3v) is 4.39. The van der Waals surface area contributed by atoms with Gasteiger partial charge in [0.25, 0.3) is 11.6 Å². The number of nitro benzene ring substituents is 2. The predicted molar refractivity (Wildman–Crippen MR) is 123 cm³/mol. The van der Waals surface area contributed by atoms with E-state index in [1.807, 2.05) is 6.07 Å². The van der Waals surface area contributed by atoms with E-state index >= 15 is 0 Å². The summed E-state index contributed by atoms with van der Waals surface area (Å²) in [5.41, 5.74) is 2.63. The van der Waals surface area contributed by atoms with Gasteiger partial charge in [0.1, 0.15) is 11.5 Å². The number of carbonyl (C=O) groups excluding carboxylic acids is 1. The maximum atomic E-state index is 12.0. The summed E-state index contributed by atoms with van der Waals surface area (Å²) in [5.74, 6) is 0.297. The molecule has 1 amide bonds. The van der Waals surface area contributed by atoms with Gasteiger partial charge in [-0.2, -0.15) is 5.10 Å². The number of nitrogens with zero attached hydrogens (tertiary/aromatic N) is 3. The van der Waals surface area contributed by atoms with Crippen molar-refractivity contribution in [3.63, 3.8) is 0 Å². The highest BCUT2D eigenvalue weighted by molar-refractivity contribution is 5.84. The molecule has 34 heavy (non-hydrogen) atoms. The van der Waals surface area contributed by atoms with Gasteiger partial charge in [-0.3, -0.25) is 25.0 Å². The smallest absolute Gasteiger partial charge is 0.318 e. The number of carbonyl (C=O) groups is 1. The SMILES string of the molecule is COc1ccccc1NCC(=O)N/N=C\c1cccc(Oc2ccc([N+](=O)[O-])cc2[N+](=O)[O-])c1. The Bertz CT molecular complexity index is 1250. The number of methoxy groups -OCH3 is 1. The number of nitrogens with one attached hydrogen (secondary N) is 2. The predicted octanol–water partition coefficient (Wildman–Crippen LogP) is 3.87. The third kappa shape index (κ3) is 6.26. The molecule has 0 saturated carbocycles. The Labute approximate surface area is 193 Å². The van der Waals surface area contributed by atoms with Crippen LogP contribution >= 0.6 is 0 Å². The number of anilines is 1. The number of para-hydroxylation sites is 2. The highest BCUT2D eigenvalue weighted by Gasteiger charge is 2.21. The van der Waals surface area contributed by atoms with Crippen LogP contribution in [0, 0.1) is 20.2 Å². The Morgan fingerprint density at radius 3 is 2.53 bits per heavy atom. The lowest BCUT2D eigenvalue weighted by atomic mass is 10.2. The van der Waals surface area contributed by atoms with Crippen LogP contribution < -0.4 is 20.2 Å². The molecule has 0 aromatic heterocycles. The van der Waals surface area contributed by atoms with Crippen LogP contribution in [0.3, 0.4) is 0 Å². The van der Waals surface area contributed by atoms with Crippen molar-refractivity contribution >= 4 is 29.2 Å². The lowest BCUT2D eigenvalue weighted by molar-refractivity contribution is -0.394. The molecule has 2 N–H and O–H groups in total. The van der Waals surface area contributed by atoms with E-state index in [4.69, 9.17) is 9.47 Å². The quantitative estimate of drug-likeness (QED) is 0.259. The number of ether oxygens (including phenoxy) is 2. The first-order chi connectivity index (χ1) is 16.4. The summed E-state index contributed by atoms with van der Waals surface area (Å²) in [6.45, 7) is -0.0370. The zero-order chi connectivity index (χ0) is 24.5. The number of benzene rings is 3. The van der Waals surface area contributed by atoms with Gasteiger partial charge in [0.05, 0.1) is 41.5 Å². The van der Waals surface area contributed by atoms with Gasteiger partial charge in [-0.1, -0.05) is 24.3 Å². The van der Waals surface area contributed by atoms with E-state index in [0.29, 0.717) is 17.0 Å². The molecule has 0 unspecified atom stereocenters. The van der Waals surface area contributed by atoms with Crippen molar-refractivity contribution in [3.8, 4) is 17.2 Å². The lowest BCUT2D eigenvalue weighted by Gasteiger charge is -2.09. The van der Waals surface area contributed by atoms with E-state index in [2.05, 4.69) is 15.8 Å². The summed E-state index contributed by atoms with van der Waals surface area (Å²) in [6, 6.07) is 16.6. The number of nitro groups is 2. The van der Waals surface area contributed by atoms with Crippen molar-refractivity contribution in [2.24, 2.45) is 5.10 Å². The average molecular weight is 465 g/mol. The van der Waals surface area contributed by atoms with Gasteiger partial charge >= 0.3 is 5.69 Å². The summed E-state index contributed by atoms with van der Waals surface area (Å²) in [5, 5.41) is 29.0. The van der Waals surface area contributed by atoms with Gasteiger partial charge in [0, 0.05) is 6.07 Å².